The van der Waals surface area contributed by atoms with E-state index < -0.39 is 11.5 Å². The van der Waals surface area contributed by atoms with Crippen molar-refractivity contribution >= 4 is 34.4 Å². The second kappa shape index (κ2) is 9.82. The smallest absolute Gasteiger partial charge is 0.349 e. The van der Waals surface area contributed by atoms with Crippen LogP contribution in [0.15, 0.2) is 60.0 Å². The van der Waals surface area contributed by atoms with Crippen molar-refractivity contribution in [3.63, 3.8) is 0 Å². The normalized spacial score (nSPS) is 18.2. The van der Waals surface area contributed by atoms with E-state index in [1.54, 1.807) is 30.5 Å². The summed E-state index contributed by atoms with van der Waals surface area (Å²) >= 11 is 6.76. The topological polar surface area (TPSA) is 84.2 Å². The Balaban J connectivity index is 1.62. The van der Waals surface area contributed by atoms with E-state index >= 15 is 0 Å². The third kappa shape index (κ3) is 4.16. The lowest BCUT2D eigenvalue weighted by Gasteiger charge is -2.35. The molecule has 10 heteroatoms. The first kappa shape index (κ1) is 26.1. The van der Waals surface area contributed by atoms with Crippen molar-refractivity contribution in [1.82, 2.24) is 24.4 Å². The molecule has 6 rings (SSSR count). The Morgan fingerprint density at radius 2 is 1.95 bits per heavy atom. The summed E-state index contributed by atoms with van der Waals surface area (Å²) in [7, 11) is 0. The standard InChI is InChI=1S/C30H28ClFN6O2/c1-5-24(39)36-12-13-37(23-15-22(23)36)28-19-14-20(31)26(18-8-6-7-9-21(18)32)34-29(19)38(30(40)35-28)27-17(4)10-11-33-25(27)16(2)3/h5-11,14,16,22-23H,1,12-13,15H2,2-4H3. The van der Waals surface area contributed by atoms with Crippen molar-refractivity contribution in [2.24, 2.45) is 0 Å². The van der Waals surface area contributed by atoms with Gasteiger partial charge < -0.3 is 9.80 Å². The number of hydrogen-bond acceptors (Lipinski definition) is 6. The SMILES string of the molecule is C=CC(=O)N1CCN(c2nc(=O)n(-c3c(C)ccnc3C(C)C)c3nc(-c4ccccc4F)c(Cl)cc23)C2CC21. The van der Waals surface area contributed by atoms with E-state index in [9.17, 15) is 14.0 Å². The maximum Gasteiger partial charge on any atom is 0.355 e. The Hall–Kier alpha value is -4.11. The number of carbonyl (C=O) groups is 1. The molecule has 0 spiro atoms. The van der Waals surface area contributed by atoms with Gasteiger partial charge in [-0.2, -0.15) is 4.98 Å². The minimum atomic E-state index is -0.517. The fraction of sp³-hybridized carbons (Fsp3) is 0.300. The Labute approximate surface area is 235 Å². The number of piperazine rings is 1. The van der Waals surface area contributed by atoms with Gasteiger partial charge in [-0.05, 0) is 55.2 Å². The van der Waals surface area contributed by atoms with Crippen LogP contribution in [0.25, 0.3) is 28.0 Å². The van der Waals surface area contributed by atoms with E-state index in [2.05, 4.69) is 21.4 Å². The molecule has 0 N–H and O–H groups in total. The third-order valence-corrected chi connectivity index (χ3v) is 7.98. The summed E-state index contributed by atoms with van der Waals surface area (Å²) in [5.74, 6) is -0.106. The highest BCUT2D eigenvalue weighted by molar-refractivity contribution is 6.33. The van der Waals surface area contributed by atoms with Crippen LogP contribution in [0, 0.1) is 12.7 Å². The molecule has 40 heavy (non-hydrogen) atoms. The number of hydrogen-bond donors (Lipinski definition) is 0. The minimum Gasteiger partial charge on any atom is -0.349 e. The molecule has 1 aliphatic carbocycles. The molecule has 204 valence electrons. The Bertz CT molecular complexity index is 1750. The van der Waals surface area contributed by atoms with Gasteiger partial charge in [0.25, 0.3) is 0 Å². The van der Waals surface area contributed by atoms with Crippen LogP contribution in [0.3, 0.4) is 0 Å². The summed E-state index contributed by atoms with van der Waals surface area (Å²) in [6.45, 7) is 10.5. The van der Waals surface area contributed by atoms with E-state index in [-0.39, 0.29) is 40.2 Å². The number of benzene rings is 1. The molecular weight excluding hydrogens is 531 g/mol. The van der Waals surface area contributed by atoms with Gasteiger partial charge in [-0.25, -0.2) is 18.7 Å². The number of aryl methyl sites for hydroxylation is 1. The lowest BCUT2D eigenvalue weighted by atomic mass is 10.0. The molecule has 0 bridgehead atoms. The fourth-order valence-corrected chi connectivity index (χ4v) is 5.95. The van der Waals surface area contributed by atoms with E-state index in [4.69, 9.17) is 16.6 Å². The second-order valence-corrected chi connectivity index (χ2v) is 10.9. The van der Waals surface area contributed by atoms with Crippen LogP contribution >= 0.6 is 11.6 Å². The summed E-state index contributed by atoms with van der Waals surface area (Å²) in [4.78, 5) is 44.2. The van der Waals surface area contributed by atoms with Crippen molar-refractivity contribution in [1.29, 1.82) is 0 Å². The molecule has 3 aromatic heterocycles. The summed E-state index contributed by atoms with van der Waals surface area (Å²) in [6, 6.07) is 9.86. The Morgan fingerprint density at radius 3 is 2.67 bits per heavy atom. The van der Waals surface area contributed by atoms with Gasteiger partial charge in [-0.3, -0.25) is 9.78 Å². The van der Waals surface area contributed by atoms with Crippen LogP contribution in [-0.2, 0) is 4.79 Å². The number of aromatic nitrogens is 4. The molecule has 4 aromatic rings. The molecule has 4 heterocycles. The summed E-state index contributed by atoms with van der Waals surface area (Å²) in [5.41, 5.74) is 2.43. The number of pyridine rings is 2. The largest absolute Gasteiger partial charge is 0.355 e. The number of anilines is 1. The zero-order valence-corrected chi connectivity index (χ0v) is 23.2. The van der Waals surface area contributed by atoms with Crippen molar-refractivity contribution in [3.8, 4) is 16.9 Å². The predicted octanol–water partition coefficient (Wildman–Crippen LogP) is 5.04. The van der Waals surface area contributed by atoms with E-state index in [0.29, 0.717) is 35.6 Å². The monoisotopic (exact) mass is 558 g/mol. The van der Waals surface area contributed by atoms with Gasteiger partial charge in [0.2, 0.25) is 5.91 Å². The second-order valence-electron chi connectivity index (χ2n) is 10.5. The van der Waals surface area contributed by atoms with Gasteiger partial charge in [-0.1, -0.05) is 44.2 Å². The van der Waals surface area contributed by atoms with Gasteiger partial charge in [0.15, 0.2) is 5.65 Å². The summed E-state index contributed by atoms with van der Waals surface area (Å²) < 4.78 is 16.4. The average molecular weight is 559 g/mol. The van der Waals surface area contributed by atoms with Crippen LogP contribution in [0.1, 0.15) is 37.4 Å². The first-order valence-electron chi connectivity index (χ1n) is 13.2. The fourth-order valence-electron chi connectivity index (χ4n) is 5.69. The quantitative estimate of drug-likeness (QED) is 0.319. The molecule has 1 saturated carbocycles. The molecular formula is C30H28ClFN6O2. The number of halogens is 2. The average Bonchev–Trinajstić information content (AvgIpc) is 3.74. The van der Waals surface area contributed by atoms with Gasteiger partial charge >= 0.3 is 5.69 Å². The Kier molecular flexibility index (Phi) is 6.41. The number of rotatable bonds is 5. The molecule has 1 aliphatic heterocycles. The van der Waals surface area contributed by atoms with Gasteiger partial charge in [0.1, 0.15) is 11.6 Å². The molecule has 1 saturated heterocycles. The predicted molar refractivity (Wildman–Crippen MR) is 154 cm³/mol. The van der Waals surface area contributed by atoms with E-state index in [1.165, 1.54) is 16.7 Å². The number of fused-ring (bicyclic) bond motifs is 2. The number of nitrogens with zero attached hydrogens (tertiary/aromatic N) is 6. The molecule has 1 aromatic carbocycles. The van der Waals surface area contributed by atoms with Crippen molar-refractivity contribution in [2.45, 2.75) is 45.2 Å². The highest BCUT2D eigenvalue weighted by Gasteiger charge is 2.51. The van der Waals surface area contributed by atoms with Crippen molar-refractivity contribution in [2.75, 3.05) is 18.0 Å². The Morgan fingerprint density at radius 1 is 1.18 bits per heavy atom. The van der Waals surface area contributed by atoms with Crippen molar-refractivity contribution in [3.05, 3.63) is 87.8 Å². The highest BCUT2D eigenvalue weighted by Crippen LogP contribution is 2.42. The molecule has 2 unspecified atom stereocenters. The van der Waals surface area contributed by atoms with Crippen LogP contribution in [0.4, 0.5) is 10.2 Å². The molecule has 2 fully saturated rings. The van der Waals surface area contributed by atoms with Crippen molar-refractivity contribution < 1.29 is 9.18 Å². The van der Waals surface area contributed by atoms with Crippen LogP contribution in [-0.4, -0.2) is 55.5 Å². The molecule has 0 radical (unpaired) electrons. The number of carbonyl (C=O) groups excluding carboxylic acids is 1. The summed E-state index contributed by atoms with van der Waals surface area (Å²) in [6.07, 6.45) is 3.81. The molecule has 2 aliphatic rings. The minimum absolute atomic E-state index is 0.0116. The third-order valence-electron chi connectivity index (χ3n) is 7.69. The van der Waals surface area contributed by atoms with Crippen LogP contribution in [0.5, 0.6) is 0 Å². The zero-order valence-electron chi connectivity index (χ0n) is 22.4. The first-order chi connectivity index (χ1) is 19.2. The lowest BCUT2D eigenvalue weighted by Crippen LogP contribution is -2.49. The van der Waals surface area contributed by atoms with Gasteiger partial charge in [-0.15, -0.1) is 0 Å². The van der Waals surface area contributed by atoms with Gasteiger partial charge in [0, 0.05) is 24.8 Å². The van der Waals surface area contributed by atoms with Crippen LogP contribution < -0.4 is 10.6 Å². The highest BCUT2D eigenvalue weighted by atomic mass is 35.5. The van der Waals surface area contributed by atoms with Gasteiger partial charge in [0.05, 0.1) is 39.6 Å². The molecule has 1 amide bonds. The lowest BCUT2D eigenvalue weighted by molar-refractivity contribution is -0.126. The molecule has 2 atom stereocenters. The maximum atomic E-state index is 14.9. The van der Waals surface area contributed by atoms with E-state index in [0.717, 1.165) is 17.7 Å². The first-order valence-corrected chi connectivity index (χ1v) is 13.6. The maximum absolute atomic E-state index is 14.9. The molecule has 8 nitrogen and oxygen atoms in total. The summed E-state index contributed by atoms with van der Waals surface area (Å²) in [5, 5.41) is 0.808. The zero-order chi connectivity index (χ0) is 28.3. The van der Waals surface area contributed by atoms with Crippen LogP contribution in [0.2, 0.25) is 5.02 Å². The van der Waals surface area contributed by atoms with E-state index in [1.807, 2.05) is 31.7 Å². The number of amides is 1.